The van der Waals surface area contributed by atoms with Crippen molar-refractivity contribution >= 4 is 64.2 Å². The van der Waals surface area contributed by atoms with E-state index in [-0.39, 0.29) is 0 Å². The minimum atomic E-state index is 0.563. The van der Waals surface area contributed by atoms with Gasteiger partial charge in [0.2, 0.25) is 0 Å². The molecule has 0 aliphatic heterocycles. The molecular formula is C55H33N3OS. The van der Waals surface area contributed by atoms with Crippen molar-refractivity contribution in [2.45, 2.75) is 0 Å². The molecule has 0 amide bonds. The fourth-order valence-corrected chi connectivity index (χ4v) is 9.90. The number of fused-ring (bicyclic) bond motifs is 8. The lowest BCUT2D eigenvalue weighted by Crippen LogP contribution is -2.00. The van der Waals surface area contributed by atoms with Crippen LogP contribution in [-0.2, 0) is 0 Å². The van der Waals surface area contributed by atoms with Gasteiger partial charge in [0.15, 0.2) is 17.5 Å². The van der Waals surface area contributed by atoms with E-state index in [1.54, 1.807) is 11.3 Å². The molecule has 4 nitrogen and oxygen atoms in total. The Morgan fingerprint density at radius 1 is 0.300 bits per heavy atom. The lowest BCUT2D eigenvalue weighted by molar-refractivity contribution is 0.673. The summed E-state index contributed by atoms with van der Waals surface area (Å²) in [6.07, 6.45) is 0. The molecule has 3 aromatic heterocycles. The number of thiophene rings is 1. The number of nitrogens with zero attached hydrogens (tertiary/aromatic N) is 3. The number of hydrogen-bond donors (Lipinski definition) is 0. The van der Waals surface area contributed by atoms with E-state index in [1.807, 2.05) is 18.2 Å². The van der Waals surface area contributed by atoms with Gasteiger partial charge in [0, 0.05) is 47.5 Å². The van der Waals surface area contributed by atoms with E-state index in [9.17, 15) is 0 Å². The van der Waals surface area contributed by atoms with Gasteiger partial charge in [-0.2, -0.15) is 0 Å². The highest BCUT2D eigenvalue weighted by atomic mass is 32.1. The molecule has 0 saturated heterocycles. The lowest BCUT2D eigenvalue weighted by atomic mass is 9.93. The summed E-state index contributed by atoms with van der Waals surface area (Å²) < 4.78 is 9.35. The molecule has 0 saturated carbocycles. The maximum atomic E-state index is 6.99. The first-order chi connectivity index (χ1) is 29.7. The maximum Gasteiger partial charge on any atom is 0.167 e. The van der Waals surface area contributed by atoms with Crippen molar-refractivity contribution in [1.29, 1.82) is 0 Å². The second kappa shape index (κ2) is 14.0. The molecular weight excluding hydrogens is 751 g/mol. The number of hydrogen-bond acceptors (Lipinski definition) is 5. The second-order valence-electron chi connectivity index (χ2n) is 15.1. The molecule has 0 radical (unpaired) electrons. The smallest absolute Gasteiger partial charge is 0.167 e. The Bertz CT molecular complexity index is 3590. The highest BCUT2D eigenvalue weighted by molar-refractivity contribution is 7.26. The number of furan rings is 1. The zero-order chi connectivity index (χ0) is 39.6. The molecule has 5 heteroatoms. The summed E-state index contributed by atoms with van der Waals surface area (Å²) in [4.78, 5) is 15.6. The predicted molar refractivity (Wildman–Crippen MR) is 250 cm³/mol. The number of benzene rings is 9. The Hall–Kier alpha value is -7.73. The molecule has 12 aromatic rings. The van der Waals surface area contributed by atoms with Crippen LogP contribution in [0.3, 0.4) is 0 Å². The summed E-state index contributed by atoms with van der Waals surface area (Å²) >= 11 is 1.78. The summed E-state index contributed by atoms with van der Waals surface area (Å²) in [5.74, 6) is 1.80. The molecule has 280 valence electrons. The van der Waals surface area contributed by atoms with Crippen LogP contribution in [0.4, 0.5) is 0 Å². The Labute approximate surface area is 349 Å². The molecule has 0 spiro atoms. The average Bonchev–Trinajstić information content (AvgIpc) is 3.90. The molecule has 0 aliphatic carbocycles. The average molecular weight is 784 g/mol. The van der Waals surface area contributed by atoms with Crippen molar-refractivity contribution < 1.29 is 4.42 Å². The van der Waals surface area contributed by atoms with Crippen LogP contribution in [-0.4, -0.2) is 15.0 Å². The van der Waals surface area contributed by atoms with E-state index >= 15 is 0 Å². The zero-order valence-electron chi connectivity index (χ0n) is 32.2. The van der Waals surface area contributed by atoms with Gasteiger partial charge in [-0.1, -0.05) is 170 Å². The first kappa shape index (κ1) is 34.3. The molecule has 0 fully saturated rings. The third-order valence-corrected chi connectivity index (χ3v) is 12.7. The first-order valence-electron chi connectivity index (χ1n) is 20.1. The number of para-hydroxylation sites is 1. The van der Waals surface area contributed by atoms with E-state index in [0.717, 1.165) is 65.2 Å². The third kappa shape index (κ3) is 5.70. The Morgan fingerprint density at radius 2 is 0.833 bits per heavy atom. The Morgan fingerprint density at radius 3 is 1.58 bits per heavy atom. The summed E-state index contributed by atoms with van der Waals surface area (Å²) in [7, 11) is 0. The highest BCUT2D eigenvalue weighted by Gasteiger charge is 2.22. The van der Waals surface area contributed by atoms with Gasteiger partial charge in [-0.3, -0.25) is 0 Å². The molecule has 60 heavy (non-hydrogen) atoms. The van der Waals surface area contributed by atoms with Crippen LogP contribution in [0.5, 0.6) is 0 Å². The standard InChI is InChI=1S/C55H33N3OS/c1-4-15-34(16-5-1)37-21-12-22-39(31-37)47-33-48-43-25-13-27-45(50(43)59-51(48)42-24-11-10-23-40(42)47)54-56-53(36-19-8-3-9-20-36)57-55(58-54)46-28-14-26-44-41-30-29-38(32-49(41)60-52(44)46)35-17-6-2-7-18-35/h1-33H. The van der Waals surface area contributed by atoms with Gasteiger partial charge >= 0.3 is 0 Å². The molecule has 12 rings (SSSR count). The van der Waals surface area contributed by atoms with Gasteiger partial charge in [0.05, 0.1) is 5.56 Å². The van der Waals surface area contributed by atoms with Crippen LogP contribution in [0.25, 0.3) is 120 Å². The summed E-state index contributed by atoms with van der Waals surface area (Å²) in [6.45, 7) is 0. The van der Waals surface area contributed by atoms with Crippen LogP contribution in [0, 0.1) is 0 Å². The Kier molecular flexibility index (Phi) is 8.00. The monoisotopic (exact) mass is 783 g/mol. The minimum Gasteiger partial charge on any atom is -0.455 e. The van der Waals surface area contributed by atoms with E-state index in [2.05, 4.69) is 182 Å². The van der Waals surface area contributed by atoms with Gasteiger partial charge in [0.1, 0.15) is 11.2 Å². The quantitative estimate of drug-likeness (QED) is 0.169. The van der Waals surface area contributed by atoms with Crippen LogP contribution < -0.4 is 0 Å². The van der Waals surface area contributed by atoms with Crippen molar-refractivity contribution in [3.63, 3.8) is 0 Å². The van der Waals surface area contributed by atoms with Crippen LogP contribution in [0.15, 0.2) is 205 Å². The SMILES string of the molecule is c1ccc(-c2cccc(-c3cc4c5cccc(-c6nc(-c7ccccc7)nc(-c7cccc8c7sc7cc(-c9ccccc9)ccc78)n6)c5oc4c4ccccc34)c2)cc1. The lowest BCUT2D eigenvalue weighted by Gasteiger charge is -2.10. The van der Waals surface area contributed by atoms with Crippen molar-refractivity contribution in [3.05, 3.63) is 200 Å². The van der Waals surface area contributed by atoms with E-state index < -0.39 is 0 Å². The Balaban J connectivity index is 1.06. The third-order valence-electron chi connectivity index (χ3n) is 11.5. The minimum absolute atomic E-state index is 0.563. The molecule has 0 unspecified atom stereocenters. The van der Waals surface area contributed by atoms with Gasteiger partial charge in [-0.15, -0.1) is 11.3 Å². The molecule has 9 aromatic carbocycles. The van der Waals surface area contributed by atoms with E-state index in [0.29, 0.717) is 17.5 Å². The zero-order valence-corrected chi connectivity index (χ0v) is 33.0. The largest absolute Gasteiger partial charge is 0.455 e. The molecule has 0 aliphatic rings. The predicted octanol–water partition coefficient (Wildman–Crippen LogP) is 15.3. The fraction of sp³-hybridized carbons (Fsp3) is 0. The first-order valence-corrected chi connectivity index (χ1v) is 20.9. The van der Waals surface area contributed by atoms with Gasteiger partial charge in [0.25, 0.3) is 0 Å². The van der Waals surface area contributed by atoms with Crippen molar-refractivity contribution in [2.75, 3.05) is 0 Å². The second-order valence-corrected chi connectivity index (χ2v) is 16.2. The van der Waals surface area contributed by atoms with Crippen LogP contribution >= 0.6 is 11.3 Å². The van der Waals surface area contributed by atoms with Crippen LogP contribution in [0.2, 0.25) is 0 Å². The normalized spacial score (nSPS) is 11.7. The van der Waals surface area contributed by atoms with Crippen molar-refractivity contribution in [3.8, 4) is 67.5 Å². The van der Waals surface area contributed by atoms with Crippen molar-refractivity contribution in [1.82, 2.24) is 15.0 Å². The van der Waals surface area contributed by atoms with Crippen LogP contribution in [0.1, 0.15) is 0 Å². The molecule has 0 atom stereocenters. The fourth-order valence-electron chi connectivity index (χ4n) is 8.65. The van der Waals surface area contributed by atoms with Crippen molar-refractivity contribution in [2.24, 2.45) is 0 Å². The molecule has 3 heterocycles. The summed E-state index contributed by atoms with van der Waals surface area (Å²) in [5, 5.41) is 6.67. The summed E-state index contributed by atoms with van der Waals surface area (Å²) in [6, 6.07) is 70.4. The maximum absolute atomic E-state index is 6.99. The van der Waals surface area contributed by atoms with E-state index in [4.69, 9.17) is 19.4 Å². The highest BCUT2D eigenvalue weighted by Crippen LogP contribution is 2.44. The van der Waals surface area contributed by atoms with Gasteiger partial charge in [-0.05, 0) is 69.1 Å². The summed E-state index contributed by atoms with van der Waals surface area (Å²) in [5.41, 5.74) is 11.4. The van der Waals surface area contributed by atoms with Gasteiger partial charge < -0.3 is 4.42 Å². The number of rotatable bonds is 6. The molecule has 0 bridgehead atoms. The van der Waals surface area contributed by atoms with Gasteiger partial charge in [-0.25, -0.2) is 15.0 Å². The number of aromatic nitrogens is 3. The topological polar surface area (TPSA) is 51.8 Å². The van der Waals surface area contributed by atoms with E-state index in [1.165, 1.54) is 37.7 Å². The molecule has 0 N–H and O–H groups in total.